The van der Waals surface area contributed by atoms with Crippen molar-refractivity contribution in [1.82, 2.24) is 0 Å². The first-order valence-corrected chi connectivity index (χ1v) is 4.31. The van der Waals surface area contributed by atoms with Gasteiger partial charge in [-0.1, -0.05) is 0 Å². The summed E-state index contributed by atoms with van der Waals surface area (Å²) in [5.74, 6) is -0.0140. The number of benzene rings is 1. The summed E-state index contributed by atoms with van der Waals surface area (Å²) in [6, 6.07) is 4.59. The van der Waals surface area contributed by atoms with E-state index >= 15 is 0 Å². The Balaban J connectivity index is 3.43. The fourth-order valence-electron chi connectivity index (χ4n) is 1.32. The first kappa shape index (κ1) is 11.7. The molecule has 0 aromatic heterocycles. The first-order chi connectivity index (χ1) is 7.63. The van der Waals surface area contributed by atoms with Crippen molar-refractivity contribution >= 4 is 12.0 Å². The van der Waals surface area contributed by atoms with E-state index in [1.165, 1.54) is 19.2 Å². The lowest BCUT2D eigenvalue weighted by Crippen LogP contribution is -2.00. The molecule has 0 aliphatic carbocycles. The number of hydrogen-bond acceptors (Lipinski definition) is 5. The van der Waals surface area contributed by atoms with Crippen LogP contribution in [0, 0.1) is 21.4 Å². The SMILES string of the molecule is COc1cc(CC#N)cc(C=O)c1[N+](=O)[O-]. The van der Waals surface area contributed by atoms with E-state index in [0.29, 0.717) is 11.8 Å². The molecule has 0 heterocycles. The number of carbonyl (C=O) groups is 1. The standard InChI is InChI=1S/C10H8N2O4/c1-16-9-5-7(2-3-11)4-8(6-13)10(9)12(14)15/h4-6H,2H2,1H3. The van der Waals surface area contributed by atoms with E-state index < -0.39 is 4.92 Å². The highest BCUT2D eigenvalue weighted by molar-refractivity contribution is 5.84. The minimum absolute atomic E-state index is 0.0140. The summed E-state index contributed by atoms with van der Waals surface area (Å²) in [6.07, 6.45) is 0.441. The van der Waals surface area contributed by atoms with Gasteiger partial charge in [0, 0.05) is 0 Å². The zero-order valence-corrected chi connectivity index (χ0v) is 8.47. The van der Waals surface area contributed by atoms with Gasteiger partial charge in [-0.25, -0.2) is 0 Å². The van der Waals surface area contributed by atoms with Crippen LogP contribution < -0.4 is 4.74 Å². The molecule has 0 spiro atoms. The topological polar surface area (TPSA) is 93.2 Å². The molecule has 1 rings (SSSR count). The molecule has 0 saturated carbocycles. The minimum Gasteiger partial charge on any atom is -0.490 e. The van der Waals surface area contributed by atoms with Crippen LogP contribution in [0.25, 0.3) is 0 Å². The maximum atomic E-state index is 10.7. The van der Waals surface area contributed by atoms with Gasteiger partial charge >= 0.3 is 5.69 Å². The number of nitriles is 1. The van der Waals surface area contributed by atoms with Gasteiger partial charge in [0.15, 0.2) is 12.0 Å². The summed E-state index contributed by atoms with van der Waals surface area (Å²) >= 11 is 0. The number of methoxy groups -OCH3 is 1. The molecular formula is C10H8N2O4. The number of carbonyl (C=O) groups excluding carboxylic acids is 1. The summed E-state index contributed by atoms with van der Waals surface area (Å²) in [4.78, 5) is 20.8. The minimum atomic E-state index is -0.682. The second kappa shape index (κ2) is 4.89. The van der Waals surface area contributed by atoms with Crippen LogP contribution in [0.3, 0.4) is 0 Å². The molecule has 0 N–H and O–H groups in total. The number of hydrogen-bond donors (Lipinski definition) is 0. The molecule has 0 bridgehead atoms. The highest BCUT2D eigenvalue weighted by Crippen LogP contribution is 2.31. The second-order valence-corrected chi connectivity index (χ2v) is 2.95. The van der Waals surface area contributed by atoms with Crippen molar-refractivity contribution in [2.75, 3.05) is 7.11 Å². The van der Waals surface area contributed by atoms with Crippen molar-refractivity contribution in [3.63, 3.8) is 0 Å². The van der Waals surface area contributed by atoms with Crippen molar-refractivity contribution in [3.05, 3.63) is 33.4 Å². The van der Waals surface area contributed by atoms with Crippen molar-refractivity contribution in [1.29, 1.82) is 5.26 Å². The fraction of sp³-hybridized carbons (Fsp3) is 0.200. The summed E-state index contributed by atoms with van der Waals surface area (Å²) < 4.78 is 4.83. The quantitative estimate of drug-likeness (QED) is 0.435. The molecule has 0 unspecified atom stereocenters. The van der Waals surface area contributed by atoms with Crippen LogP contribution in [0.15, 0.2) is 12.1 Å². The Morgan fingerprint density at radius 3 is 2.75 bits per heavy atom. The number of ether oxygens (including phenoxy) is 1. The molecule has 0 fully saturated rings. The van der Waals surface area contributed by atoms with Crippen LogP contribution in [0.4, 0.5) is 5.69 Å². The molecule has 0 aliphatic heterocycles. The first-order valence-electron chi connectivity index (χ1n) is 4.31. The number of rotatable bonds is 4. The summed E-state index contributed by atoms with van der Waals surface area (Å²) in [5.41, 5.74) is 0.0424. The van der Waals surface area contributed by atoms with Gasteiger partial charge in [-0.2, -0.15) is 5.26 Å². The van der Waals surface area contributed by atoms with Crippen molar-refractivity contribution < 1.29 is 14.5 Å². The molecule has 82 valence electrons. The number of aldehydes is 1. The lowest BCUT2D eigenvalue weighted by Gasteiger charge is -2.05. The smallest absolute Gasteiger partial charge is 0.321 e. The molecule has 1 aromatic rings. The van der Waals surface area contributed by atoms with Gasteiger partial charge in [-0.15, -0.1) is 0 Å². The third-order valence-corrected chi connectivity index (χ3v) is 1.98. The van der Waals surface area contributed by atoms with E-state index in [1.807, 2.05) is 6.07 Å². The lowest BCUT2D eigenvalue weighted by atomic mass is 10.1. The predicted molar refractivity (Wildman–Crippen MR) is 54.4 cm³/mol. The number of nitro benzene ring substituents is 1. The lowest BCUT2D eigenvalue weighted by molar-refractivity contribution is -0.386. The van der Waals surface area contributed by atoms with E-state index in [1.54, 1.807) is 0 Å². The van der Waals surface area contributed by atoms with Crippen LogP contribution in [0.5, 0.6) is 5.75 Å². The van der Waals surface area contributed by atoms with Crippen molar-refractivity contribution in [2.24, 2.45) is 0 Å². The molecule has 0 amide bonds. The third-order valence-electron chi connectivity index (χ3n) is 1.98. The Kier molecular flexibility index (Phi) is 3.56. The van der Waals surface area contributed by atoms with Crippen LogP contribution in [0.2, 0.25) is 0 Å². The Labute approximate surface area is 91.2 Å². The van der Waals surface area contributed by atoms with Crippen LogP contribution in [-0.4, -0.2) is 18.3 Å². The molecule has 0 atom stereocenters. The molecule has 6 heteroatoms. The highest BCUT2D eigenvalue weighted by atomic mass is 16.6. The van der Waals surface area contributed by atoms with Crippen molar-refractivity contribution in [3.8, 4) is 11.8 Å². The van der Waals surface area contributed by atoms with Crippen LogP contribution in [-0.2, 0) is 6.42 Å². The molecule has 0 radical (unpaired) electrons. The predicted octanol–water partition coefficient (Wildman–Crippen LogP) is 1.48. The van der Waals surface area contributed by atoms with Gasteiger partial charge in [-0.05, 0) is 17.7 Å². The summed E-state index contributed by atoms with van der Waals surface area (Å²) in [6.45, 7) is 0. The average molecular weight is 220 g/mol. The van der Waals surface area contributed by atoms with E-state index in [9.17, 15) is 14.9 Å². The Bertz CT molecular complexity index is 476. The summed E-state index contributed by atoms with van der Waals surface area (Å²) in [7, 11) is 1.27. The largest absolute Gasteiger partial charge is 0.490 e. The second-order valence-electron chi connectivity index (χ2n) is 2.95. The van der Waals surface area contributed by atoms with Gasteiger partial charge in [0.2, 0.25) is 0 Å². The van der Waals surface area contributed by atoms with Gasteiger partial charge in [0.1, 0.15) is 0 Å². The maximum absolute atomic E-state index is 10.7. The average Bonchev–Trinajstić information content (AvgIpc) is 2.27. The van der Waals surface area contributed by atoms with E-state index in [4.69, 9.17) is 10.00 Å². The third kappa shape index (κ3) is 2.15. The van der Waals surface area contributed by atoms with Crippen LogP contribution in [0.1, 0.15) is 15.9 Å². The van der Waals surface area contributed by atoms with Gasteiger partial charge in [0.05, 0.1) is 30.1 Å². The van der Waals surface area contributed by atoms with E-state index in [0.717, 1.165) is 0 Å². The van der Waals surface area contributed by atoms with E-state index in [2.05, 4.69) is 0 Å². The molecule has 6 nitrogen and oxygen atoms in total. The van der Waals surface area contributed by atoms with Gasteiger partial charge < -0.3 is 4.74 Å². The normalized spacial score (nSPS) is 9.25. The highest BCUT2D eigenvalue weighted by Gasteiger charge is 2.21. The summed E-state index contributed by atoms with van der Waals surface area (Å²) in [5, 5.41) is 19.2. The van der Waals surface area contributed by atoms with E-state index in [-0.39, 0.29) is 23.4 Å². The Morgan fingerprint density at radius 1 is 1.62 bits per heavy atom. The molecular weight excluding hydrogens is 212 g/mol. The molecule has 1 aromatic carbocycles. The van der Waals surface area contributed by atoms with Crippen LogP contribution >= 0.6 is 0 Å². The zero-order chi connectivity index (χ0) is 12.1. The number of nitrogens with zero attached hydrogens (tertiary/aromatic N) is 2. The molecule has 0 aliphatic rings. The zero-order valence-electron chi connectivity index (χ0n) is 8.47. The van der Waals surface area contributed by atoms with Gasteiger partial charge in [0.25, 0.3) is 0 Å². The monoisotopic (exact) mass is 220 g/mol. The van der Waals surface area contributed by atoms with Gasteiger partial charge in [-0.3, -0.25) is 14.9 Å². The fourth-order valence-corrected chi connectivity index (χ4v) is 1.32. The molecule has 16 heavy (non-hydrogen) atoms. The Morgan fingerprint density at radius 2 is 2.31 bits per heavy atom. The maximum Gasteiger partial charge on any atom is 0.321 e. The Hall–Kier alpha value is -2.42. The number of nitro groups is 1. The molecule has 0 saturated heterocycles. The van der Waals surface area contributed by atoms with Crippen molar-refractivity contribution in [2.45, 2.75) is 6.42 Å².